The van der Waals surface area contributed by atoms with Crippen molar-refractivity contribution in [3.8, 4) is 0 Å². The topological polar surface area (TPSA) is 101 Å². The molecule has 0 saturated carbocycles. The highest BCUT2D eigenvalue weighted by atomic mass is 16.5. The van der Waals surface area contributed by atoms with Crippen molar-refractivity contribution in [1.82, 2.24) is 15.3 Å². The molecule has 0 aliphatic carbocycles. The number of hydrogen-bond acceptors (Lipinski definition) is 5. The van der Waals surface area contributed by atoms with Gasteiger partial charge >= 0.3 is 5.97 Å². The Hall–Kier alpha value is -2.54. The molecule has 2 N–H and O–H groups in total. The van der Waals surface area contributed by atoms with E-state index in [9.17, 15) is 9.59 Å². The van der Waals surface area contributed by atoms with Crippen LogP contribution in [-0.2, 0) is 9.53 Å². The summed E-state index contributed by atoms with van der Waals surface area (Å²) in [5, 5.41) is 11.0. The zero-order chi connectivity index (χ0) is 14.4. The van der Waals surface area contributed by atoms with E-state index in [0.717, 1.165) is 0 Å². The van der Waals surface area contributed by atoms with Crippen LogP contribution >= 0.6 is 0 Å². The average molecular weight is 275 g/mol. The van der Waals surface area contributed by atoms with Gasteiger partial charge in [0.15, 0.2) is 0 Å². The summed E-state index contributed by atoms with van der Waals surface area (Å²) in [5.74, 6) is -1.30. The second-order valence-electron chi connectivity index (χ2n) is 3.96. The van der Waals surface area contributed by atoms with E-state index in [2.05, 4.69) is 15.3 Å². The maximum atomic E-state index is 11.9. The molecule has 1 aromatic carbocycles. The van der Waals surface area contributed by atoms with Crippen LogP contribution in [0.25, 0.3) is 11.0 Å². The number of carboxylic acid groups (broad SMARTS) is 1. The Kier molecular flexibility index (Phi) is 4.56. The highest BCUT2D eigenvalue weighted by molar-refractivity contribution is 5.97. The van der Waals surface area contributed by atoms with Crippen LogP contribution in [0.15, 0.2) is 30.6 Å². The van der Waals surface area contributed by atoms with Crippen molar-refractivity contribution in [3.05, 3.63) is 36.2 Å². The first-order chi connectivity index (χ1) is 9.66. The molecule has 0 fully saturated rings. The summed E-state index contributed by atoms with van der Waals surface area (Å²) in [6.45, 7) is 0.0114. The van der Waals surface area contributed by atoms with Gasteiger partial charge in [-0.3, -0.25) is 14.8 Å². The summed E-state index contributed by atoms with van der Waals surface area (Å²) in [4.78, 5) is 30.3. The highest BCUT2D eigenvalue weighted by Crippen LogP contribution is 2.10. The Balaban J connectivity index is 1.89. The van der Waals surface area contributed by atoms with Gasteiger partial charge in [0.1, 0.15) is 6.61 Å². The number of nitrogens with one attached hydrogen (secondary N) is 1. The fraction of sp³-hybridized carbons (Fsp3) is 0.231. The predicted molar refractivity (Wildman–Crippen MR) is 70.3 cm³/mol. The van der Waals surface area contributed by atoms with Gasteiger partial charge in [0.05, 0.1) is 17.6 Å². The number of aromatic nitrogens is 2. The quantitative estimate of drug-likeness (QED) is 0.743. The monoisotopic (exact) mass is 275 g/mol. The van der Waals surface area contributed by atoms with Crippen LogP contribution in [-0.4, -0.2) is 46.7 Å². The van der Waals surface area contributed by atoms with Crippen molar-refractivity contribution in [2.24, 2.45) is 0 Å². The lowest BCUT2D eigenvalue weighted by Gasteiger charge is -2.05. The van der Waals surface area contributed by atoms with Crippen molar-refractivity contribution in [3.63, 3.8) is 0 Å². The first kappa shape index (κ1) is 13.9. The van der Waals surface area contributed by atoms with Gasteiger partial charge in [-0.15, -0.1) is 0 Å². The minimum absolute atomic E-state index is 0.144. The minimum Gasteiger partial charge on any atom is -0.480 e. The maximum absolute atomic E-state index is 11.9. The van der Waals surface area contributed by atoms with Crippen LogP contribution in [0.2, 0.25) is 0 Å². The lowest BCUT2D eigenvalue weighted by Crippen LogP contribution is -2.27. The molecule has 0 atom stereocenters. The molecule has 0 aliphatic rings. The summed E-state index contributed by atoms with van der Waals surface area (Å²) < 4.78 is 4.81. The van der Waals surface area contributed by atoms with Crippen LogP contribution in [0.5, 0.6) is 0 Å². The summed E-state index contributed by atoms with van der Waals surface area (Å²) in [6.07, 6.45) is 3.14. The van der Waals surface area contributed by atoms with E-state index in [4.69, 9.17) is 9.84 Å². The Morgan fingerprint density at radius 1 is 1.20 bits per heavy atom. The maximum Gasteiger partial charge on any atom is 0.329 e. The van der Waals surface area contributed by atoms with Crippen LogP contribution in [0.3, 0.4) is 0 Å². The zero-order valence-electron chi connectivity index (χ0n) is 10.6. The second-order valence-corrected chi connectivity index (χ2v) is 3.96. The molecule has 0 unspecified atom stereocenters. The number of rotatable bonds is 6. The van der Waals surface area contributed by atoms with Gasteiger partial charge < -0.3 is 15.2 Å². The lowest BCUT2D eigenvalue weighted by molar-refractivity contribution is -0.142. The zero-order valence-corrected chi connectivity index (χ0v) is 10.6. The molecule has 0 spiro atoms. The number of amides is 1. The molecule has 0 bridgehead atoms. The van der Waals surface area contributed by atoms with Crippen molar-refractivity contribution >= 4 is 22.9 Å². The molecule has 1 heterocycles. The number of nitrogens with zero attached hydrogens (tertiary/aromatic N) is 2. The largest absolute Gasteiger partial charge is 0.480 e. The molecule has 104 valence electrons. The standard InChI is InChI=1S/C13H13N3O4/c17-12(18)8-20-6-5-16-13(19)9-1-2-10-11(7-9)15-4-3-14-10/h1-4,7H,5-6,8H2,(H,16,19)(H,17,18). The number of carbonyl (C=O) groups is 2. The third-order valence-corrected chi connectivity index (χ3v) is 2.49. The highest BCUT2D eigenvalue weighted by Gasteiger charge is 2.06. The Bertz CT molecular complexity index is 630. The SMILES string of the molecule is O=C(O)COCCNC(=O)c1ccc2nccnc2c1. The third kappa shape index (κ3) is 3.72. The number of hydrogen-bond donors (Lipinski definition) is 2. The fourth-order valence-corrected chi connectivity index (χ4v) is 1.60. The summed E-state index contributed by atoms with van der Waals surface area (Å²) in [6, 6.07) is 5.03. The molecular weight excluding hydrogens is 262 g/mol. The van der Waals surface area contributed by atoms with Crippen LogP contribution < -0.4 is 5.32 Å². The average Bonchev–Trinajstić information content (AvgIpc) is 2.46. The van der Waals surface area contributed by atoms with E-state index < -0.39 is 5.97 Å². The van der Waals surface area contributed by atoms with E-state index in [1.807, 2.05) is 0 Å². The van der Waals surface area contributed by atoms with Crippen molar-refractivity contribution in [2.75, 3.05) is 19.8 Å². The van der Waals surface area contributed by atoms with Gasteiger partial charge in [0.25, 0.3) is 5.91 Å². The number of fused-ring (bicyclic) bond motifs is 1. The van der Waals surface area contributed by atoms with E-state index >= 15 is 0 Å². The molecule has 0 aliphatic heterocycles. The number of ether oxygens (including phenoxy) is 1. The van der Waals surface area contributed by atoms with Gasteiger partial charge in [-0.2, -0.15) is 0 Å². The van der Waals surface area contributed by atoms with E-state index in [0.29, 0.717) is 16.6 Å². The molecule has 7 nitrogen and oxygen atoms in total. The first-order valence-electron chi connectivity index (χ1n) is 5.95. The minimum atomic E-state index is -1.04. The van der Waals surface area contributed by atoms with Crippen molar-refractivity contribution in [1.29, 1.82) is 0 Å². The number of carbonyl (C=O) groups excluding carboxylic acids is 1. The normalized spacial score (nSPS) is 10.4. The Morgan fingerprint density at radius 3 is 2.70 bits per heavy atom. The summed E-state index contributed by atoms with van der Waals surface area (Å²) >= 11 is 0. The Labute approximate surface area is 114 Å². The smallest absolute Gasteiger partial charge is 0.329 e. The van der Waals surface area contributed by atoms with Gasteiger partial charge in [-0.05, 0) is 18.2 Å². The second kappa shape index (κ2) is 6.58. The van der Waals surface area contributed by atoms with Crippen LogP contribution in [0, 0.1) is 0 Å². The summed E-state index contributed by atoms with van der Waals surface area (Å²) in [7, 11) is 0. The first-order valence-corrected chi connectivity index (χ1v) is 5.95. The van der Waals surface area contributed by atoms with Crippen LogP contribution in [0.4, 0.5) is 0 Å². The predicted octanol–water partition coefficient (Wildman–Crippen LogP) is 0.461. The van der Waals surface area contributed by atoms with Gasteiger partial charge in [0, 0.05) is 24.5 Å². The lowest BCUT2D eigenvalue weighted by atomic mass is 10.2. The number of carboxylic acids is 1. The molecule has 7 heteroatoms. The van der Waals surface area contributed by atoms with Crippen LogP contribution in [0.1, 0.15) is 10.4 Å². The van der Waals surface area contributed by atoms with Gasteiger partial charge in [0.2, 0.25) is 0 Å². The molecule has 20 heavy (non-hydrogen) atoms. The molecule has 0 saturated heterocycles. The third-order valence-electron chi connectivity index (χ3n) is 2.49. The number of benzene rings is 1. The molecule has 2 rings (SSSR count). The van der Waals surface area contributed by atoms with E-state index in [1.54, 1.807) is 30.6 Å². The fourth-order valence-electron chi connectivity index (χ4n) is 1.60. The molecule has 1 amide bonds. The van der Waals surface area contributed by atoms with Gasteiger partial charge in [-0.25, -0.2) is 4.79 Å². The Morgan fingerprint density at radius 2 is 1.95 bits per heavy atom. The molecule has 2 aromatic rings. The van der Waals surface area contributed by atoms with Crippen molar-refractivity contribution in [2.45, 2.75) is 0 Å². The molecular formula is C13H13N3O4. The molecule has 1 aromatic heterocycles. The summed E-state index contributed by atoms with van der Waals surface area (Å²) in [5.41, 5.74) is 1.83. The van der Waals surface area contributed by atoms with Gasteiger partial charge in [-0.1, -0.05) is 0 Å². The molecule has 0 radical (unpaired) electrons. The van der Waals surface area contributed by atoms with Crippen molar-refractivity contribution < 1.29 is 19.4 Å². The van der Waals surface area contributed by atoms with E-state index in [-0.39, 0.29) is 25.7 Å². The number of aliphatic carboxylic acids is 1. The van der Waals surface area contributed by atoms with E-state index in [1.165, 1.54) is 0 Å².